The molecule has 118 valence electrons. The fourth-order valence-electron chi connectivity index (χ4n) is 1.97. The van der Waals surface area contributed by atoms with Crippen LogP contribution in [0.3, 0.4) is 0 Å². The van der Waals surface area contributed by atoms with E-state index in [1.807, 2.05) is 13.0 Å². The van der Waals surface area contributed by atoms with E-state index in [1.165, 1.54) is 7.11 Å². The Morgan fingerprint density at radius 1 is 1.04 bits per heavy atom. The maximum Gasteiger partial charge on any atom is 0.337 e. The lowest BCUT2D eigenvalue weighted by Crippen LogP contribution is -2.34. The fraction of sp³-hybridized carbons (Fsp3) is 0.118. The predicted octanol–water partition coefficient (Wildman–Crippen LogP) is 2.91. The van der Waals surface area contributed by atoms with Gasteiger partial charge in [0, 0.05) is 11.3 Å². The van der Waals surface area contributed by atoms with Gasteiger partial charge in [-0.3, -0.25) is 10.1 Å². The Labute approximate surface area is 139 Å². The number of carbonyl (C=O) groups excluding carboxylic acids is 2. The van der Waals surface area contributed by atoms with Crippen LogP contribution in [0.5, 0.6) is 0 Å². The summed E-state index contributed by atoms with van der Waals surface area (Å²) in [7, 11) is 1.33. The molecule has 1 amide bonds. The monoisotopic (exact) mass is 328 g/mol. The number of esters is 1. The van der Waals surface area contributed by atoms with Crippen LogP contribution in [0, 0.1) is 6.92 Å². The summed E-state index contributed by atoms with van der Waals surface area (Å²) in [6.07, 6.45) is 0. The number of anilines is 1. The third kappa shape index (κ3) is 4.37. The number of benzene rings is 2. The third-order valence-electron chi connectivity index (χ3n) is 3.16. The number of hydrogen-bond donors (Lipinski definition) is 2. The van der Waals surface area contributed by atoms with E-state index in [9.17, 15) is 9.59 Å². The fourth-order valence-corrected chi connectivity index (χ4v) is 2.17. The number of ether oxygens (including phenoxy) is 1. The van der Waals surface area contributed by atoms with Crippen molar-refractivity contribution in [3.63, 3.8) is 0 Å². The van der Waals surface area contributed by atoms with Crippen LogP contribution in [0.25, 0.3) is 0 Å². The highest BCUT2D eigenvalue weighted by Crippen LogP contribution is 2.17. The molecule has 0 fully saturated rings. The molecule has 2 rings (SSSR count). The summed E-state index contributed by atoms with van der Waals surface area (Å²) in [5.74, 6) is -0.688. The second-order valence-electron chi connectivity index (χ2n) is 4.80. The van der Waals surface area contributed by atoms with Crippen molar-refractivity contribution in [2.24, 2.45) is 0 Å². The number of thiocarbonyl (C=S) groups is 1. The van der Waals surface area contributed by atoms with E-state index in [4.69, 9.17) is 12.2 Å². The number of hydrogen-bond acceptors (Lipinski definition) is 4. The van der Waals surface area contributed by atoms with E-state index in [0.29, 0.717) is 16.8 Å². The number of methoxy groups -OCH3 is 1. The zero-order valence-corrected chi connectivity index (χ0v) is 13.6. The van der Waals surface area contributed by atoms with Crippen molar-refractivity contribution in [2.75, 3.05) is 12.4 Å². The average Bonchev–Trinajstić information content (AvgIpc) is 2.56. The molecule has 2 N–H and O–H groups in total. The Morgan fingerprint density at radius 2 is 1.74 bits per heavy atom. The summed E-state index contributed by atoms with van der Waals surface area (Å²) in [4.78, 5) is 23.5. The van der Waals surface area contributed by atoms with Crippen LogP contribution in [0.15, 0.2) is 48.5 Å². The van der Waals surface area contributed by atoms with E-state index in [2.05, 4.69) is 15.4 Å². The highest BCUT2D eigenvalue weighted by molar-refractivity contribution is 7.80. The molecule has 0 unspecified atom stereocenters. The molecule has 5 nitrogen and oxygen atoms in total. The molecule has 0 aliphatic rings. The van der Waals surface area contributed by atoms with E-state index < -0.39 is 5.97 Å². The van der Waals surface area contributed by atoms with Crippen molar-refractivity contribution in [3.8, 4) is 0 Å². The lowest BCUT2D eigenvalue weighted by molar-refractivity contribution is 0.0600. The van der Waals surface area contributed by atoms with Crippen molar-refractivity contribution in [1.29, 1.82) is 0 Å². The number of rotatable bonds is 3. The molecule has 0 atom stereocenters. The number of nitrogens with one attached hydrogen (secondary N) is 2. The number of carbonyl (C=O) groups is 2. The Bertz CT molecular complexity index is 745. The summed E-state index contributed by atoms with van der Waals surface area (Å²) in [6.45, 7) is 1.83. The van der Waals surface area contributed by atoms with E-state index in [1.54, 1.807) is 42.5 Å². The summed E-state index contributed by atoms with van der Waals surface area (Å²) in [5, 5.41) is 5.74. The van der Waals surface area contributed by atoms with Crippen LogP contribution in [0.1, 0.15) is 26.3 Å². The van der Waals surface area contributed by atoms with Gasteiger partial charge in [-0.1, -0.05) is 18.2 Å². The van der Waals surface area contributed by atoms with Gasteiger partial charge in [0.1, 0.15) is 0 Å². The molecule has 0 saturated carbocycles. The maximum absolute atomic E-state index is 12.0. The summed E-state index contributed by atoms with van der Waals surface area (Å²) in [6, 6.07) is 13.8. The van der Waals surface area contributed by atoms with Crippen molar-refractivity contribution < 1.29 is 14.3 Å². The van der Waals surface area contributed by atoms with Crippen LogP contribution < -0.4 is 10.6 Å². The minimum Gasteiger partial charge on any atom is -0.465 e. The van der Waals surface area contributed by atoms with Crippen LogP contribution in [-0.2, 0) is 4.74 Å². The Hall–Kier alpha value is -2.73. The van der Waals surface area contributed by atoms with Gasteiger partial charge in [0.05, 0.1) is 12.7 Å². The van der Waals surface area contributed by atoms with Crippen molar-refractivity contribution in [1.82, 2.24) is 5.32 Å². The standard InChI is InChI=1S/C17H16N2O3S/c1-11-10-13(16(21)22-2)8-9-14(11)18-17(23)19-15(20)12-6-4-3-5-7-12/h3-10H,1-2H3,(H2,18,19,20,23). The highest BCUT2D eigenvalue weighted by Gasteiger charge is 2.10. The van der Waals surface area contributed by atoms with Gasteiger partial charge < -0.3 is 10.1 Å². The third-order valence-corrected chi connectivity index (χ3v) is 3.36. The summed E-state index contributed by atoms with van der Waals surface area (Å²) in [5.41, 5.74) is 2.49. The zero-order valence-electron chi connectivity index (χ0n) is 12.8. The predicted molar refractivity (Wildman–Crippen MR) is 92.6 cm³/mol. The lowest BCUT2D eigenvalue weighted by atomic mass is 10.1. The molecule has 0 spiro atoms. The van der Waals surface area contributed by atoms with Gasteiger partial charge >= 0.3 is 5.97 Å². The Kier molecular flexibility index (Phi) is 5.43. The Balaban J connectivity index is 2.03. The normalized spacial score (nSPS) is 9.83. The highest BCUT2D eigenvalue weighted by atomic mass is 32.1. The maximum atomic E-state index is 12.0. The molecule has 0 aliphatic carbocycles. The van der Waals surface area contributed by atoms with Crippen molar-refractivity contribution >= 4 is 34.9 Å². The topological polar surface area (TPSA) is 67.4 Å². The first-order chi connectivity index (χ1) is 11.0. The SMILES string of the molecule is COC(=O)c1ccc(NC(=S)NC(=O)c2ccccc2)c(C)c1. The smallest absolute Gasteiger partial charge is 0.337 e. The van der Waals surface area contributed by atoms with Gasteiger partial charge in [0.2, 0.25) is 0 Å². The first kappa shape index (κ1) is 16.6. The minimum absolute atomic E-state index is 0.188. The molecule has 2 aromatic rings. The van der Waals surface area contributed by atoms with Gasteiger partial charge in [-0.2, -0.15) is 0 Å². The second kappa shape index (κ2) is 7.51. The van der Waals surface area contributed by atoms with Crippen molar-refractivity contribution in [2.45, 2.75) is 6.92 Å². The van der Waals surface area contributed by atoms with Crippen LogP contribution >= 0.6 is 12.2 Å². The van der Waals surface area contributed by atoms with Gasteiger partial charge in [-0.15, -0.1) is 0 Å². The summed E-state index contributed by atoms with van der Waals surface area (Å²) >= 11 is 5.14. The van der Waals surface area contributed by atoms with Gasteiger partial charge in [0.15, 0.2) is 5.11 Å². The van der Waals surface area contributed by atoms with Crippen LogP contribution in [0.2, 0.25) is 0 Å². The molecule has 23 heavy (non-hydrogen) atoms. The van der Waals surface area contributed by atoms with Crippen LogP contribution in [-0.4, -0.2) is 24.1 Å². The quantitative estimate of drug-likeness (QED) is 0.670. The van der Waals surface area contributed by atoms with Gasteiger partial charge in [-0.25, -0.2) is 4.79 Å². The minimum atomic E-state index is -0.403. The summed E-state index contributed by atoms with van der Waals surface area (Å²) < 4.78 is 4.67. The molecular weight excluding hydrogens is 312 g/mol. The molecule has 0 aliphatic heterocycles. The largest absolute Gasteiger partial charge is 0.465 e. The van der Waals surface area contributed by atoms with E-state index in [0.717, 1.165) is 5.56 Å². The zero-order chi connectivity index (χ0) is 16.8. The lowest BCUT2D eigenvalue weighted by Gasteiger charge is -2.12. The molecule has 0 radical (unpaired) electrons. The second-order valence-corrected chi connectivity index (χ2v) is 5.20. The average molecular weight is 328 g/mol. The van der Waals surface area contributed by atoms with E-state index in [-0.39, 0.29) is 11.0 Å². The van der Waals surface area contributed by atoms with Gasteiger partial charge in [-0.05, 0) is 55.0 Å². The molecule has 0 heterocycles. The molecule has 0 aromatic heterocycles. The molecule has 6 heteroatoms. The first-order valence-corrected chi connectivity index (χ1v) is 7.28. The number of aryl methyl sites for hydroxylation is 1. The van der Waals surface area contributed by atoms with E-state index >= 15 is 0 Å². The van der Waals surface area contributed by atoms with Crippen LogP contribution in [0.4, 0.5) is 5.69 Å². The molecule has 2 aromatic carbocycles. The Morgan fingerprint density at radius 3 is 2.35 bits per heavy atom. The first-order valence-electron chi connectivity index (χ1n) is 6.87. The molecule has 0 saturated heterocycles. The molecular formula is C17H16N2O3S. The van der Waals surface area contributed by atoms with Gasteiger partial charge in [0.25, 0.3) is 5.91 Å². The molecule has 0 bridgehead atoms. The van der Waals surface area contributed by atoms with Crippen molar-refractivity contribution in [3.05, 3.63) is 65.2 Å². The number of amides is 1.